The number of hydrogen-bond donors (Lipinski definition) is 3. The highest BCUT2D eigenvalue weighted by Gasteiger charge is 2.19. The van der Waals surface area contributed by atoms with Crippen LogP contribution in [0.3, 0.4) is 0 Å². The van der Waals surface area contributed by atoms with Crippen LogP contribution in [0, 0.1) is 6.92 Å². The van der Waals surface area contributed by atoms with Gasteiger partial charge in [0.1, 0.15) is 10.6 Å². The molecule has 0 saturated heterocycles. The number of aryl methyl sites for hydroxylation is 1. The molecule has 0 aliphatic heterocycles. The van der Waals surface area contributed by atoms with Gasteiger partial charge in [-0.1, -0.05) is 46.4 Å². The summed E-state index contributed by atoms with van der Waals surface area (Å²) in [4.78, 5) is 12.0. The van der Waals surface area contributed by atoms with Crippen molar-refractivity contribution in [3.05, 3.63) is 74.2 Å². The number of urea groups is 1. The molecule has 0 aromatic heterocycles. The Morgan fingerprint density at radius 3 is 2.25 bits per heavy atom. The number of ether oxygens (including phenoxy) is 1. The van der Waals surface area contributed by atoms with Crippen molar-refractivity contribution in [2.45, 2.75) is 11.8 Å². The Kier molecular flexibility index (Phi) is 7.44. The highest BCUT2D eigenvalue weighted by Crippen LogP contribution is 2.37. The highest BCUT2D eigenvalue weighted by atomic mass is 35.5. The summed E-state index contributed by atoms with van der Waals surface area (Å²) in [7, 11) is -4.50. The predicted molar refractivity (Wildman–Crippen MR) is 127 cm³/mol. The first-order valence-electron chi connectivity index (χ1n) is 8.72. The Labute approximate surface area is 203 Å². The standard InChI is InChI=1S/C20H14Cl4N2O5S/c1-10-6-19(32(28,29)30)15(24)9-18(10)31-17-5-2-11(21)7-16(17)26-20(27)25-12-3-4-13(22)14(23)8-12/h2-9H,1H3,(H2,25,26,27)(H,28,29,30). The molecule has 0 aliphatic rings. The molecule has 2 amide bonds. The van der Waals surface area contributed by atoms with Gasteiger partial charge in [0, 0.05) is 16.8 Å². The minimum Gasteiger partial charge on any atom is -0.455 e. The maximum atomic E-state index is 12.5. The molecule has 0 bridgehead atoms. The molecular weight excluding hydrogens is 522 g/mol. The zero-order valence-corrected chi connectivity index (χ0v) is 20.0. The third-order valence-corrected chi connectivity index (χ3v) is 6.39. The average molecular weight is 536 g/mol. The molecule has 3 N–H and O–H groups in total. The van der Waals surface area contributed by atoms with Gasteiger partial charge in [-0.15, -0.1) is 0 Å². The van der Waals surface area contributed by atoms with E-state index in [4.69, 9.17) is 51.1 Å². The van der Waals surface area contributed by atoms with Gasteiger partial charge in [-0.25, -0.2) is 4.79 Å². The Morgan fingerprint density at radius 2 is 1.59 bits per heavy atom. The van der Waals surface area contributed by atoms with Crippen LogP contribution in [-0.2, 0) is 10.1 Å². The van der Waals surface area contributed by atoms with Crippen molar-refractivity contribution in [1.29, 1.82) is 0 Å². The lowest BCUT2D eigenvalue weighted by Gasteiger charge is -2.16. The van der Waals surface area contributed by atoms with E-state index in [1.807, 2.05) is 0 Å². The topological polar surface area (TPSA) is 105 Å². The molecular formula is C20H14Cl4N2O5S. The fourth-order valence-electron chi connectivity index (χ4n) is 2.61. The molecule has 0 heterocycles. The molecule has 0 radical (unpaired) electrons. The smallest absolute Gasteiger partial charge is 0.323 e. The molecule has 0 unspecified atom stereocenters. The highest BCUT2D eigenvalue weighted by molar-refractivity contribution is 7.86. The van der Waals surface area contributed by atoms with Crippen LogP contribution in [0.5, 0.6) is 11.5 Å². The molecule has 3 aromatic carbocycles. The van der Waals surface area contributed by atoms with Gasteiger partial charge >= 0.3 is 6.03 Å². The van der Waals surface area contributed by atoms with Crippen molar-refractivity contribution in [1.82, 2.24) is 0 Å². The van der Waals surface area contributed by atoms with E-state index in [-0.39, 0.29) is 27.2 Å². The molecule has 168 valence electrons. The van der Waals surface area contributed by atoms with Crippen LogP contribution in [-0.4, -0.2) is 19.0 Å². The lowest BCUT2D eigenvalue weighted by atomic mass is 10.2. The molecule has 0 atom stereocenters. The molecule has 12 heteroatoms. The quantitative estimate of drug-likeness (QED) is 0.297. The van der Waals surface area contributed by atoms with E-state index in [1.54, 1.807) is 19.1 Å². The molecule has 0 spiro atoms. The number of benzene rings is 3. The van der Waals surface area contributed by atoms with E-state index in [2.05, 4.69) is 10.6 Å². The lowest BCUT2D eigenvalue weighted by molar-refractivity contribution is 0.262. The van der Waals surface area contributed by atoms with Crippen molar-refractivity contribution in [3.8, 4) is 11.5 Å². The van der Waals surface area contributed by atoms with Gasteiger partial charge in [-0.2, -0.15) is 8.42 Å². The number of anilines is 2. The van der Waals surface area contributed by atoms with E-state index in [1.165, 1.54) is 36.4 Å². The second kappa shape index (κ2) is 9.74. The molecule has 3 rings (SSSR count). The number of rotatable bonds is 5. The van der Waals surface area contributed by atoms with Crippen molar-refractivity contribution in [2.75, 3.05) is 10.6 Å². The largest absolute Gasteiger partial charge is 0.455 e. The third-order valence-electron chi connectivity index (χ3n) is 4.09. The average Bonchev–Trinajstić information content (AvgIpc) is 2.68. The maximum Gasteiger partial charge on any atom is 0.323 e. The van der Waals surface area contributed by atoms with E-state index < -0.39 is 21.0 Å². The molecule has 32 heavy (non-hydrogen) atoms. The molecule has 0 fully saturated rings. The Morgan fingerprint density at radius 1 is 0.875 bits per heavy atom. The van der Waals surface area contributed by atoms with Crippen molar-refractivity contribution >= 4 is 73.9 Å². The van der Waals surface area contributed by atoms with Gasteiger partial charge in [-0.05, 0) is 55.0 Å². The van der Waals surface area contributed by atoms with Gasteiger partial charge in [0.2, 0.25) is 0 Å². The van der Waals surface area contributed by atoms with Crippen molar-refractivity contribution < 1.29 is 22.5 Å². The van der Waals surface area contributed by atoms with Crippen LogP contribution in [0.1, 0.15) is 5.56 Å². The van der Waals surface area contributed by atoms with Gasteiger partial charge in [0.25, 0.3) is 10.1 Å². The number of carbonyl (C=O) groups excluding carboxylic acids is 1. The third kappa shape index (κ3) is 5.98. The van der Waals surface area contributed by atoms with Gasteiger partial charge < -0.3 is 15.4 Å². The predicted octanol–water partition coefficient (Wildman–Crippen LogP) is 7.29. The lowest BCUT2D eigenvalue weighted by Crippen LogP contribution is -2.19. The Balaban J connectivity index is 1.86. The summed E-state index contributed by atoms with van der Waals surface area (Å²) in [6.45, 7) is 1.57. The van der Waals surface area contributed by atoms with E-state index in [0.29, 0.717) is 21.3 Å². The van der Waals surface area contributed by atoms with Crippen molar-refractivity contribution in [2.24, 2.45) is 0 Å². The zero-order chi connectivity index (χ0) is 23.6. The number of nitrogens with one attached hydrogen (secondary N) is 2. The summed E-state index contributed by atoms with van der Waals surface area (Å²) in [5, 5.41) is 5.95. The van der Waals surface area contributed by atoms with E-state index in [9.17, 15) is 17.8 Å². The van der Waals surface area contributed by atoms with Gasteiger partial charge in [0.05, 0.1) is 20.8 Å². The van der Waals surface area contributed by atoms with Crippen LogP contribution in [0.2, 0.25) is 20.1 Å². The van der Waals surface area contributed by atoms with Crippen molar-refractivity contribution in [3.63, 3.8) is 0 Å². The molecule has 3 aromatic rings. The minimum absolute atomic E-state index is 0.206. The van der Waals surface area contributed by atoms with E-state index in [0.717, 1.165) is 0 Å². The van der Waals surface area contributed by atoms with Gasteiger partial charge in [-0.3, -0.25) is 4.55 Å². The second-order valence-corrected chi connectivity index (χ2v) is 9.52. The summed E-state index contributed by atoms with van der Waals surface area (Å²) < 4.78 is 37.9. The van der Waals surface area contributed by atoms with Gasteiger partial charge in [0.15, 0.2) is 5.75 Å². The minimum atomic E-state index is -4.50. The Bertz CT molecular complexity index is 1320. The fraction of sp³-hybridized carbons (Fsp3) is 0.0500. The SMILES string of the molecule is Cc1cc(S(=O)(=O)O)c(Cl)cc1Oc1ccc(Cl)cc1NC(=O)Nc1ccc(Cl)c(Cl)c1. The summed E-state index contributed by atoms with van der Waals surface area (Å²) >= 11 is 23.9. The maximum absolute atomic E-state index is 12.5. The van der Waals surface area contributed by atoms with Crippen LogP contribution >= 0.6 is 46.4 Å². The number of hydrogen-bond acceptors (Lipinski definition) is 4. The number of halogens is 4. The molecule has 0 aliphatic carbocycles. The van der Waals surface area contributed by atoms with Crippen LogP contribution in [0.4, 0.5) is 16.2 Å². The summed E-state index contributed by atoms with van der Waals surface area (Å²) in [6.07, 6.45) is 0. The summed E-state index contributed by atoms with van der Waals surface area (Å²) in [5.41, 5.74) is 1.01. The van der Waals surface area contributed by atoms with Crippen LogP contribution in [0.25, 0.3) is 0 Å². The fourth-order valence-corrected chi connectivity index (χ4v) is 4.16. The number of carbonyl (C=O) groups is 1. The second-order valence-electron chi connectivity index (χ2n) is 6.47. The summed E-state index contributed by atoms with van der Waals surface area (Å²) in [6, 6.07) is 10.9. The first kappa shape index (κ1) is 24.4. The molecule has 0 saturated carbocycles. The van der Waals surface area contributed by atoms with Crippen LogP contribution in [0.15, 0.2) is 53.4 Å². The summed E-state index contributed by atoms with van der Waals surface area (Å²) in [5.74, 6) is 0.412. The first-order valence-corrected chi connectivity index (χ1v) is 11.7. The molecule has 7 nitrogen and oxygen atoms in total. The van der Waals surface area contributed by atoms with Crippen LogP contribution < -0.4 is 15.4 Å². The first-order chi connectivity index (χ1) is 14.9. The number of amides is 2. The normalized spacial score (nSPS) is 11.2. The Hall–Kier alpha value is -2.20. The monoisotopic (exact) mass is 534 g/mol. The zero-order valence-electron chi connectivity index (χ0n) is 16.1. The van der Waals surface area contributed by atoms with E-state index >= 15 is 0 Å².